The third-order valence-corrected chi connectivity index (χ3v) is 4.62. The molecule has 0 aromatic carbocycles. The molecule has 0 bridgehead atoms. The van der Waals surface area contributed by atoms with E-state index in [1.807, 2.05) is 18.7 Å². The second kappa shape index (κ2) is 9.19. The van der Waals surface area contributed by atoms with Crippen molar-refractivity contribution in [1.82, 2.24) is 15.1 Å². The number of urea groups is 1. The number of hydrogen-bond donors (Lipinski definition) is 2. The van der Waals surface area contributed by atoms with Crippen LogP contribution in [0.15, 0.2) is 0 Å². The molecule has 1 heterocycles. The van der Waals surface area contributed by atoms with E-state index in [0.29, 0.717) is 39.5 Å². The lowest BCUT2D eigenvalue weighted by molar-refractivity contribution is -0.139. The Balaban J connectivity index is 1.56. The van der Waals surface area contributed by atoms with Crippen molar-refractivity contribution in [2.24, 2.45) is 0 Å². The Morgan fingerprint density at radius 3 is 2.54 bits per heavy atom. The number of carboxylic acids is 1. The van der Waals surface area contributed by atoms with Crippen molar-refractivity contribution in [3.05, 3.63) is 0 Å². The van der Waals surface area contributed by atoms with Crippen molar-refractivity contribution in [3.8, 4) is 0 Å². The zero-order chi connectivity index (χ0) is 17.5. The van der Waals surface area contributed by atoms with Gasteiger partial charge in [-0.1, -0.05) is 6.92 Å². The van der Waals surface area contributed by atoms with Crippen molar-refractivity contribution in [2.45, 2.75) is 44.9 Å². The van der Waals surface area contributed by atoms with Crippen LogP contribution in [-0.4, -0.2) is 91.1 Å². The molecule has 2 N–H and O–H groups in total. The fourth-order valence-corrected chi connectivity index (χ4v) is 3.07. The van der Waals surface area contributed by atoms with Gasteiger partial charge in [0.1, 0.15) is 0 Å². The molecule has 2 fully saturated rings. The van der Waals surface area contributed by atoms with Gasteiger partial charge in [0.25, 0.3) is 0 Å². The lowest BCUT2D eigenvalue weighted by Gasteiger charge is -2.44. The Kier molecular flexibility index (Phi) is 7.26. The van der Waals surface area contributed by atoms with E-state index in [1.165, 1.54) is 0 Å². The zero-order valence-electron chi connectivity index (χ0n) is 14.6. The van der Waals surface area contributed by atoms with Crippen LogP contribution in [0.25, 0.3) is 0 Å². The first-order chi connectivity index (χ1) is 11.5. The van der Waals surface area contributed by atoms with Crippen molar-refractivity contribution >= 4 is 12.0 Å². The van der Waals surface area contributed by atoms with Gasteiger partial charge >= 0.3 is 12.0 Å². The molecular weight excluding hydrogens is 314 g/mol. The first-order valence-electron chi connectivity index (χ1n) is 8.74. The number of aliphatic carboxylic acids is 1. The van der Waals surface area contributed by atoms with E-state index in [1.54, 1.807) is 4.90 Å². The maximum Gasteiger partial charge on any atom is 0.317 e. The quantitative estimate of drug-likeness (QED) is 0.557. The van der Waals surface area contributed by atoms with Crippen LogP contribution in [-0.2, 0) is 14.3 Å². The van der Waals surface area contributed by atoms with E-state index in [0.717, 1.165) is 12.8 Å². The zero-order valence-corrected chi connectivity index (χ0v) is 14.6. The minimum absolute atomic E-state index is 0.0515. The highest BCUT2D eigenvalue weighted by atomic mass is 16.5. The summed E-state index contributed by atoms with van der Waals surface area (Å²) >= 11 is 0. The topological polar surface area (TPSA) is 91.3 Å². The van der Waals surface area contributed by atoms with E-state index in [2.05, 4.69) is 5.32 Å². The lowest BCUT2D eigenvalue weighted by atomic mass is 9.85. The number of carbonyl (C=O) groups is 2. The van der Waals surface area contributed by atoms with E-state index < -0.39 is 5.97 Å². The van der Waals surface area contributed by atoms with Crippen LogP contribution in [0, 0.1) is 0 Å². The Labute approximate surface area is 143 Å². The van der Waals surface area contributed by atoms with Crippen LogP contribution >= 0.6 is 0 Å². The van der Waals surface area contributed by atoms with Crippen LogP contribution in [0.3, 0.4) is 0 Å². The van der Waals surface area contributed by atoms with Crippen molar-refractivity contribution in [1.29, 1.82) is 0 Å². The number of carboxylic acid groups (broad SMARTS) is 1. The summed E-state index contributed by atoms with van der Waals surface area (Å²) in [6, 6.07) is 0.343. The number of likely N-dealkylation sites (N-methyl/N-ethyl adjacent to an activating group) is 1. The molecule has 8 nitrogen and oxygen atoms in total. The van der Waals surface area contributed by atoms with Crippen molar-refractivity contribution in [2.75, 3.05) is 46.0 Å². The third-order valence-electron chi connectivity index (χ3n) is 4.62. The van der Waals surface area contributed by atoms with Crippen LogP contribution in [0.5, 0.6) is 0 Å². The number of hydrogen-bond acceptors (Lipinski definition) is 5. The molecule has 138 valence electrons. The summed E-state index contributed by atoms with van der Waals surface area (Å²) in [6.07, 6.45) is 1.74. The Morgan fingerprint density at radius 2 is 1.96 bits per heavy atom. The van der Waals surface area contributed by atoms with E-state index in [9.17, 15) is 9.59 Å². The molecule has 1 saturated heterocycles. The highest BCUT2D eigenvalue weighted by Gasteiger charge is 2.37. The number of carbonyl (C=O) groups excluding carboxylic acids is 1. The van der Waals surface area contributed by atoms with E-state index in [4.69, 9.17) is 14.6 Å². The summed E-state index contributed by atoms with van der Waals surface area (Å²) in [5, 5.41) is 11.9. The number of ether oxygens (including phenoxy) is 2. The number of nitrogens with zero attached hydrogens (tertiary/aromatic N) is 2. The molecule has 1 aliphatic heterocycles. The van der Waals surface area contributed by atoms with Crippen molar-refractivity contribution in [3.63, 3.8) is 0 Å². The standard InChI is InChI=1S/C16H29N3O5/c1-3-18(11-15(20)21)13-7-12(8-13)17-16(22)19-9-14(10-19)24-6-5-23-4-2/h12-14H,3-11H2,1-2H3,(H,17,22)(H,20,21). The predicted octanol–water partition coefficient (Wildman–Crippen LogP) is 0.371. The molecule has 0 spiro atoms. The Morgan fingerprint density at radius 1 is 1.25 bits per heavy atom. The molecule has 2 aliphatic rings. The predicted molar refractivity (Wildman–Crippen MR) is 88.0 cm³/mol. The molecule has 24 heavy (non-hydrogen) atoms. The molecule has 8 heteroatoms. The smallest absolute Gasteiger partial charge is 0.317 e. The summed E-state index contributed by atoms with van der Waals surface area (Å²) in [5.41, 5.74) is 0. The average Bonchev–Trinajstić information content (AvgIpc) is 2.46. The highest BCUT2D eigenvalue weighted by Crippen LogP contribution is 2.26. The molecule has 2 rings (SSSR count). The highest BCUT2D eigenvalue weighted by molar-refractivity contribution is 5.75. The van der Waals surface area contributed by atoms with Crippen LogP contribution in [0.1, 0.15) is 26.7 Å². The van der Waals surface area contributed by atoms with Gasteiger partial charge < -0.3 is 24.8 Å². The van der Waals surface area contributed by atoms with Gasteiger partial charge in [-0.05, 0) is 26.3 Å². The Hall–Kier alpha value is -1.38. The van der Waals surface area contributed by atoms with Gasteiger partial charge in [-0.15, -0.1) is 0 Å². The molecule has 0 aromatic heterocycles. The fourth-order valence-electron chi connectivity index (χ4n) is 3.07. The van der Waals surface area contributed by atoms with Gasteiger partial charge in [0.2, 0.25) is 0 Å². The molecule has 0 atom stereocenters. The van der Waals surface area contributed by atoms with Gasteiger partial charge in [-0.3, -0.25) is 9.69 Å². The molecule has 0 unspecified atom stereocenters. The number of nitrogens with one attached hydrogen (secondary N) is 1. The third kappa shape index (κ3) is 5.32. The normalized spacial score (nSPS) is 23.7. The monoisotopic (exact) mass is 343 g/mol. The van der Waals surface area contributed by atoms with Crippen LogP contribution in [0.2, 0.25) is 0 Å². The second-order valence-corrected chi connectivity index (χ2v) is 6.32. The van der Waals surface area contributed by atoms with Crippen LogP contribution < -0.4 is 5.32 Å². The summed E-state index contributed by atoms with van der Waals surface area (Å²) in [6.45, 7) is 7.76. The largest absolute Gasteiger partial charge is 0.480 e. The van der Waals surface area contributed by atoms with Gasteiger partial charge in [0.05, 0.1) is 39.0 Å². The molecule has 1 aliphatic carbocycles. The van der Waals surface area contributed by atoms with Gasteiger partial charge in [-0.2, -0.15) is 0 Å². The summed E-state index contributed by atoms with van der Waals surface area (Å²) in [7, 11) is 0. The maximum atomic E-state index is 12.1. The molecule has 0 aromatic rings. The van der Waals surface area contributed by atoms with E-state index in [-0.39, 0.29) is 30.8 Å². The minimum atomic E-state index is -0.805. The summed E-state index contributed by atoms with van der Waals surface area (Å²) in [4.78, 5) is 26.6. The maximum absolute atomic E-state index is 12.1. The van der Waals surface area contributed by atoms with E-state index >= 15 is 0 Å². The number of rotatable bonds is 10. The van der Waals surface area contributed by atoms with Gasteiger partial charge in [-0.25, -0.2) is 4.79 Å². The van der Waals surface area contributed by atoms with Gasteiger partial charge in [0, 0.05) is 18.7 Å². The molecule has 1 saturated carbocycles. The van der Waals surface area contributed by atoms with Crippen LogP contribution in [0.4, 0.5) is 4.79 Å². The fraction of sp³-hybridized carbons (Fsp3) is 0.875. The number of likely N-dealkylation sites (tertiary alicyclic amines) is 1. The summed E-state index contributed by atoms with van der Waals surface area (Å²) in [5.74, 6) is -0.805. The van der Waals surface area contributed by atoms with Crippen molar-refractivity contribution < 1.29 is 24.2 Å². The second-order valence-electron chi connectivity index (χ2n) is 6.32. The first-order valence-corrected chi connectivity index (χ1v) is 8.74. The summed E-state index contributed by atoms with van der Waals surface area (Å²) < 4.78 is 10.8. The minimum Gasteiger partial charge on any atom is -0.480 e. The molecular formula is C16H29N3O5. The average molecular weight is 343 g/mol. The number of amides is 2. The molecule has 2 amide bonds. The van der Waals surface area contributed by atoms with Gasteiger partial charge in [0.15, 0.2) is 0 Å². The SMILES string of the molecule is CCOCCOC1CN(C(=O)NC2CC(N(CC)CC(=O)O)C2)C1. The molecule has 0 radical (unpaired) electrons. The Bertz CT molecular complexity index is 422. The lowest BCUT2D eigenvalue weighted by Crippen LogP contribution is -2.62. The first kappa shape index (κ1) is 19.0.